The van der Waals surface area contributed by atoms with Gasteiger partial charge in [-0.25, -0.2) is 4.98 Å². The van der Waals surface area contributed by atoms with Gasteiger partial charge in [0.1, 0.15) is 0 Å². The highest BCUT2D eigenvalue weighted by Crippen LogP contribution is 2.23. The molecule has 1 unspecified atom stereocenters. The first-order chi connectivity index (χ1) is 13.1. The third kappa shape index (κ3) is 5.20. The van der Waals surface area contributed by atoms with Crippen molar-refractivity contribution in [3.05, 3.63) is 10.7 Å². The fraction of sp³-hybridized carbons (Fsp3) is 0.706. The smallest absolute Gasteiger partial charge is 0.232 e. The van der Waals surface area contributed by atoms with Gasteiger partial charge in [-0.2, -0.15) is 4.98 Å². The van der Waals surface area contributed by atoms with Crippen LogP contribution in [0.3, 0.4) is 0 Å². The second kappa shape index (κ2) is 9.52. The first-order valence-corrected chi connectivity index (χ1v) is 9.97. The lowest BCUT2D eigenvalue weighted by Gasteiger charge is -2.37. The number of aromatic nitrogens is 2. The second-order valence-corrected chi connectivity index (χ2v) is 7.54. The molecule has 1 N–H and O–H groups in total. The number of nitrogens with zero attached hydrogens (tertiary/aromatic N) is 6. The summed E-state index contributed by atoms with van der Waals surface area (Å²) in [6.45, 7) is 6.86. The largest absolute Gasteiger partial charge is 0.480 e. The van der Waals surface area contributed by atoms with Gasteiger partial charge in [-0.05, 0) is 23.0 Å². The highest BCUT2D eigenvalue weighted by molar-refractivity contribution is 9.10. The van der Waals surface area contributed by atoms with Crippen molar-refractivity contribution in [1.29, 1.82) is 0 Å². The van der Waals surface area contributed by atoms with E-state index in [-0.39, 0.29) is 6.10 Å². The standard InChI is InChI=1S/C17H28BrN7O2/c1-19-16(20-10-13-12-23(2)8-9-27-13)24-4-6-25(7-5-24)17-21-11-14(18)15(22-17)26-3/h11,13H,4-10,12H2,1-3H3,(H,19,20). The number of morpholine rings is 1. The van der Waals surface area contributed by atoms with E-state index < -0.39 is 0 Å². The summed E-state index contributed by atoms with van der Waals surface area (Å²) < 4.78 is 11.8. The van der Waals surface area contributed by atoms with E-state index in [1.54, 1.807) is 13.3 Å². The zero-order valence-corrected chi connectivity index (χ0v) is 17.8. The van der Waals surface area contributed by atoms with Crippen LogP contribution in [0.2, 0.25) is 0 Å². The topological polar surface area (TPSA) is 78.4 Å². The summed E-state index contributed by atoms with van der Waals surface area (Å²) in [5.74, 6) is 2.16. The number of nitrogens with one attached hydrogen (secondary N) is 1. The Morgan fingerprint density at radius 1 is 1.37 bits per heavy atom. The van der Waals surface area contributed by atoms with Crippen molar-refractivity contribution in [3.8, 4) is 5.88 Å². The van der Waals surface area contributed by atoms with Gasteiger partial charge in [0.25, 0.3) is 0 Å². The minimum absolute atomic E-state index is 0.199. The molecule has 2 aliphatic rings. The predicted octanol–water partition coefficient (Wildman–Crippen LogP) is 0.276. The van der Waals surface area contributed by atoms with E-state index in [2.05, 4.69) is 58.0 Å². The van der Waals surface area contributed by atoms with Gasteiger partial charge in [-0.1, -0.05) is 0 Å². The summed E-state index contributed by atoms with van der Waals surface area (Å²) in [4.78, 5) is 20.0. The van der Waals surface area contributed by atoms with Gasteiger partial charge in [0.15, 0.2) is 5.96 Å². The van der Waals surface area contributed by atoms with Gasteiger partial charge >= 0.3 is 0 Å². The lowest BCUT2D eigenvalue weighted by atomic mass is 10.3. The summed E-state index contributed by atoms with van der Waals surface area (Å²) in [6.07, 6.45) is 1.93. The number of methoxy groups -OCH3 is 1. The Morgan fingerprint density at radius 2 is 2.15 bits per heavy atom. The normalized spacial score (nSPS) is 22.1. The average molecular weight is 442 g/mol. The number of rotatable bonds is 4. The molecule has 27 heavy (non-hydrogen) atoms. The van der Waals surface area contributed by atoms with Crippen LogP contribution in [0.25, 0.3) is 0 Å². The zero-order chi connectivity index (χ0) is 19.2. The molecule has 10 heteroatoms. The SMILES string of the molecule is CN=C(NCC1CN(C)CCO1)N1CCN(c2ncc(Br)c(OC)n2)CC1. The molecule has 150 valence electrons. The lowest BCUT2D eigenvalue weighted by Crippen LogP contribution is -2.55. The molecule has 0 saturated carbocycles. The zero-order valence-electron chi connectivity index (χ0n) is 16.2. The molecule has 2 fully saturated rings. The Bertz CT molecular complexity index is 652. The maximum atomic E-state index is 5.82. The third-order valence-electron chi connectivity index (χ3n) is 4.80. The van der Waals surface area contributed by atoms with Crippen LogP contribution in [0.5, 0.6) is 5.88 Å². The van der Waals surface area contributed by atoms with E-state index in [0.717, 1.165) is 62.9 Å². The van der Waals surface area contributed by atoms with Crippen molar-refractivity contribution in [2.75, 3.05) is 78.5 Å². The fourth-order valence-corrected chi connectivity index (χ4v) is 3.64. The highest BCUT2D eigenvalue weighted by Gasteiger charge is 2.23. The van der Waals surface area contributed by atoms with Crippen LogP contribution in [0.1, 0.15) is 0 Å². The third-order valence-corrected chi connectivity index (χ3v) is 5.34. The molecule has 2 aliphatic heterocycles. The van der Waals surface area contributed by atoms with Crippen molar-refractivity contribution in [3.63, 3.8) is 0 Å². The molecule has 3 rings (SSSR count). The molecule has 0 aromatic carbocycles. The van der Waals surface area contributed by atoms with Crippen LogP contribution in [0, 0.1) is 0 Å². The summed E-state index contributed by atoms with van der Waals surface area (Å²) >= 11 is 3.39. The summed E-state index contributed by atoms with van der Waals surface area (Å²) in [5.41, 5.74) is 0. The Balaban J connectivity index is 1.51. The minimum atomic E-state index is 0.199. The quantitative estimate of drug-likeness (QED) is 0.526. The van der Waals surface area contributed by atoms with Gasteiger partial charge in [0.2, 0.25) is 11.8 Å². The maximum absolute atomic E-state index is 5.82. The van der Waals surface area contributed by atoms with Crippen molar-refractivity contribution in [1.82, 2.24) is 25.1 Å². The van der Waals surface area contributed by atoms with Gasteiger partial charge in [0.05, 0.1) is 30.5 Å². The molecular weight excluding hydrogens is 414 g/mol. The molecule has 0 amide bonds. The number of guanidine groups is 1. The number of aliphatic imine (C=N–C) groups is 1. The van der Waals surface area contributed by atoms with E-state index >= 15 is 0 Å². The average Bonchev–Trinajstić information content (AvgIpc) is 2.69. The Kier molecular flexibility index (Phi) is 7.08. The number of anilines is 1. The first kappa shape index (κ1) is 20.1. The van der Waals surface area contributed by atoms with Gasteiger partial charge in [-0.15, -0.1) is 0 Å². The second-order valence-electron chi connectivity index (χ2n) is 6.68. The monoisotopic (exact) mass is 441 g/mol. The molecule has 1 aromatic heterocycles. The molecule has 0 bridgehead atoms. The summed E-state index contributed by atoms with van der Waals surface area (Å²) in [7, 11) is 5.56. The van der Waals surface area contributed by atoms with Crippen LogP contribution in [-0.4, -0.2) is 105 Å². The lowest BCUT2D eigenvalue weighted by molar-refractivity contribution is -0.0163. The van der Waals surface area contributed by atoms with Gasteiger partial charge in [0, 0.05) is 52.9 Å². The van der Waals surface area contributed by atoms with Crippen LogP contribution >= 0.6 is 15.9 Å². The minimum Gasteiger partial charge on any atom is -0.480 e. The van der Waals surface area contributed by atoms with Crippen LogP contribution < -0.4 is 15.0 Å². The van der Waals surface area contributed by atoms with Gasteiger partial charge < -0.3 is 29.5 Å². The number of ether oxygens (including phenoxy) is 2. The van der Waals surface area contributed by atoms with E-state index in [4.69, 9.17) is 9.47 Å². The van der Waals surface area contributed by atoms with E-state index in [0.29, 0.717) is 11.8 Å². The Labute approximate surface area is 168 Å². The van der Waals surface area contributed by atoms with Crippen molar-refractivity contribution in [2.24, 2.45) is 4.99 Å². The predicted molar refractivity (Wildman–Crippen MR) is 109 cm³/mol. The summed E-state index contributed by atoms with van der Waals surface area (Å²) in [5, 5.41) is 3.46. The number of likely N-dealkylation sites (N-methyl/N-ethyl adjacent to an activating group) is 1. The molecule has 1 aromatic rings. The fourth-order valence-electron chi connectivity index (χ4n) is 3.28. The molecule has 2 saturated heterocycles. The number of halogens is 1. The number of piperazine rings is 1. The van der Waals surface area contributed by atoms with Crippen LogP contribution in [0.4, 0.5) is 5.95 Å². The Hall–Kier alpha value is -1.65. The van der Waals surface area contributed by atoms with Crippen molar-refractivity contribution < 1.29 is 9.47 Å². The number of hydrogen-bond acceptors (Lipinski definition) is 7. The molecule has 9 nitrogen and oxygen atoms in total. The number of hydrogen-bond donors (Lipinski definition) is 1. The highest BCUT2D eigenvalue weighted by atomic mass is 79.9. The molecule has 0 radical (unpaired) electrons. The van der Waals surface area contributed by atoms with E-state index in [9.17, 15) is 0 Å². The van der Waals surface area contributed by atoms with E-state index in [1.165, 1.54) is 0 Å². The molecule has 1 atom stereocenters. The van der Waals surface area contributed by atoms with Gasteiger partial charge in [-0.3, -0.25) is 4.99 Å². The molecule has 3 heterocycles. The summed E-state index contributed by atoms with van der Waals surface area (Å²) in [6, 6.07) is 0. The van der Waals surface area contributed by atoms with E-state index in [1.807, 2.05) is 7.05 Å². The van der Waals surface area contributed by atoms with Crippen LogP contribution in [-0.2, 0) is 4.74 Å². The molecule has 0 spiro atoms. The molecular formula is C17H28BrN7O2. The van der Waals surface area contributed by atoms with Crippen molar-refractivity contribution >= 4 is 27.8 Å². The Morgan fingerprint density at radius 3 is 2.81 bits per heavy atom. The van der Waals surface area contributed by atoms with Crippen LogP contribution in [0.15, 0.2) is 15.7 Å². The molecule has 0 aliphatic carbocycles. The maximum Gasteiger partial charge on any atom is 0.232 e. The van der Waals surface area contributed by atoms with Crippen molar-refractivity contribution in [2.45, 2.75) is 6.10 Å². The first-order valence-electron chi connectivity index (χ1n) is 9.18.